The van der Waals surface area contributed by atoms with Gasteiger partial charge in [0.1, 0.15) is 0 Å². The van der Waals surface area contributed by atoms with Gasteiger partial charge in [-0.15, -0.1) is 0 Å². The summed E-state index contributed by atoms with van der Waals surface area (Å²) in [6.07, 6.45) is 5.80. The molecule has 1 fully saturated rings. The second kappa shape index (κ2) is 8.15. The van der Waals surface area contributed by atoms with Crippen LogP contribution in [0.3, 0.4) is 0 Å². The third-order valence-corrected chi connectivity index (χ3v) is 3.74. The lowest BCUT2D eigenvalue weighted by molar-refractivity contribution is -0.142. The molecule has 5 heteroatoms. The maximum atomic E-state index is 11.9. The first kappa shape index (κ1) is 16.0. The standard InChI is InChI=1S/C14H26N2O3/c1-3-16(9-11(2)14(18)19)10-13(17)15-12-7-5-4-6-8-12/h11-12H,3-10H2,1-2H3,(H,15,17)(H,18,19). The normalized spacial score (nSPS) is 18.3. The van der Waals surface area contributed by atoms with Crippen LogP contribution in [0, 0.1) is 5.92 Å². The molecule has 1 atom stereocenters. The van der Waals surface area contributed by atoms with E-state index in [9.17, 15) is 9.59 Å². The summed E-state index contributed by atoms with van der Waals surface area (Å²) < 4.78 is 0. The predicted octanol–water partition coefficient (Wildman–Crippen LogP) is 1.48. The van der Waals surface area contributed by atoms with E-state index in [-0.39, 0.29) is 5.91 Å². The lowest BCUT2D eigenvalue weighted by Gasteiger charge is -2.26. The van der Waals surface area contributed by atoms with E-state index < -0.39 is 11.9 Å². The SMILES string of the molecule is CCN(CC(=O)NC1CCCCC1)CC(C)C(=O)O. The molecule has 0 aromatic rings. The lowest BCUT2D eigenvalue weighted by Crippen LogP contribution is -2.44. The number of carboxylic acids is 1. The quantitative estimate of drug-likeness (QED) is 0.735. The van der Waals surface area contributed by atoms with Crippen molar-refractivity contribution in [1.82, 2.24) is 10.2 Å². The highest BCUT2D eigenvalue weighted by Crippen LogP contribution is 2.17. The van der Waals surface area contributed by atoms with E-state index in [1.165, 1.54) is 19.3 Å². The molecule has 0 aliphatic heterocycles. The number of carbonyl (C=O) groups excluding carboxylic acids is 1. The topological polar surface area (TPSA) is 69.6 Å². The Bertz CT molecular complexity index is 301. The molecule has 1 saturated carbocycles. The highest BCUT2D eigenvalue weighted by Gasteiger charge is 2.19. The molecule has 1 aliphatic rings. The average molecular weight is 270 g/mol. The summed E-state index contributed by atoms with van der Waals surface area (Å²) in [7, 11) is 0. The number of carbonyl (C=O) groups is 2. The fraction of sp³-hybridized carbons (Fsp3) is 0.857. The second-order valence-corrected chi connectivity index (χ2v) is 5.47. The van der Waals surface area contributed by atoms with E-state index in [4.69, 9.17) is 5.11 Å². The number of rotatable bonds is 7. The van der Waals surface area contributed by atoms with Gasteiger partial charge < -0.3 is 10.4 Å². The predicted molar refractivity (Wildman–Crippen MR) is 73.9 cm³/mol. The molecule has 0 spiro atoms. The van der Waals surface area contributed by atoms with E-state index >= 15 is 0 Å². The largest absolute Gasteiger partial charge is 0.481 e. The molecule has 1 amide bonds. The Morgan fingerprint density at radius 1 is 1.32 bits per heavy atom. The number of hydrogen-bond acceptors (Lipinski definition) is 3. The van der Waals surface area contributed by atoms with E-state index in [0.29, 0.717) is 25.7 Å². The number of carboxylic acid groups (broad SMARTS) is 1. The molecule has 0 radical (unpaired) electrons. The highest BCUT2D eigenvalue weighted by atomic mass is 16.4. The van der Waals surface area contributed by atoms with Crippen molar-refractivity contribution < 1.29 is 14.7 Å². The van der Waals surface area contributed by atoms with Crippen molar-refractivity contribution in [3.63, 3.8) is 0 Å². The Balaban J connectivity index is 2.33. The zero-order chi connectivity index (χ0) is 14.3. The zero-order valence-corrected chi connectivity index (χ0v) is 12.0. The first-order valence-corrected chi connectivity index (χ1v) is 7.27. The molecule has 0 heterocycles. The number of nitrogens with one attached hydrogen (secondary N) is 1. The van der Waals surface area contributed by atoms with Crippen LogP contribution in [0.4, 0.5) is 0 Å². The van der Waals surface area contributed by atoms with E-state index in [1.54, 1.807) is 6.92 Å². The summed E-state index contributed by atoms with van der Waals surface area (Å²) in [6, 6.07) is 0.317. The summed E-state index contributed by atoms with van der Waals surface area (Å²) in [6.45, 7) is 5.02. The van der Waals surface area contributed by atoms with Crippen LogP contribution in [-0.2, 0) is 9.59 Å². The van der Waals surface area contributed by atoms with Crippen molar-refractivity contribution in [3.8, 4) is 0 Å². The third-order valence-electron chi connectivity index (χ3n) is 3.74. The van der Waals surface area contributed by atoms with Gasteiger partial charge in [0.05, 0.1) is 12.5 Å². The summed E-state index contributed by atoms with van der Waals surface area (Å²) in [5.41, 5.74) is 0. The Kier molecular flexibility index (Phi) is 6.84. The van der Waals surface area contributed by atoms with Crippen molar-refractivity contribution >= 4 is 11.9 Å². The molecule has 2 N–H and O–H groups in total. The number of aliphatic carboxylic acids is 1. The van der Waals surface area contributed by atoms with Crippen LogP contribution in [0.25, 0.3) is 0 Å². The molecule has 19 heavy (non-hydrogen) atoms. The van der Waals surface area contributed by atoms with Gasteiger partial charge in [-0.25, -0.2) is 0 Å². The molecule has 1 unspecified atom stereocenters. The number of nitrogens with zero attached hydrogens (tertiary/aromatic N) is 1. The van der Waals surface area contributed by atoms with Gasteiger partial charge in [0.15, 0.2) is 0 Å². The number of amides is 1. The maximum Gasteiger partial charge on any atom is 0.307 e. The molecular formula is C14H26N2O3. The number of hydrogen-bond donors (Lipinski definition) is 2. The maximum absolute atomic E-state index is 11.9. The van der Waals surface area contributed by atoms with Crippen LogP contribution in [0.5, 0.6) is 0 Å². The van der Waals surface area contributed by atoms with Crippen LogP contribution in [-0.4, -0.2) is 47.6 Å². The van der Waals surface area contributed by atoms with Gasteiger partial charge >= 0.3 is 5.97 Å². The number of likely N-dealkylation sites (N-methyl/N-ethyl adjacent to an activating group) is 1. The molecule has 0 saturated heterocycles. The highest BCUT2D eigenvalue weighted by molar-refractivity contribution is 5.78. The van der Waals surface area contributed by atoms with Gasteiger partial charge in [-0.1, -0.05) is 33.1 Å². The van der Waals surface area contributed by atoms with E-state index in [2.05, 4.69) is 5.32 Å². The second-order valence-electron chi connectivity index (χ2n) is 5.47. The van der Waals surface area contributed by atoms with Crippen molar-refractivity contribution in [2.75, 3.05) is 19.6 Å². The minimum absolute atomic E-state index is 0.0198. The zero-order valence-electron chi connectivity index (χ0n) is 12.0. The summed E-state index contributed by atoms with van der Waals surface area (Å²) in [5, 5.41) is 12.0. The third kappa shape index (κ3) is 6.05. The van der Waals surface area contributed by atoms with Crippen molar-refractivity contribution in [3.05, 3.63) is 0 Å². The Labute approximate surface area is 115 Å². The van der Waals surface area contributed by atoms with E-state index in [0.717, 1.165) is 12.8 Å². The summed E-state index contributed by atoms with van der Waals surface area (Å²) >= 11 is 0. The molecule has 5 nitrogen and oxygen atoms in total. The fourth-order valence-corrected chi connectivity index (χ4v) is 2.49. The van der Waals surface area contributed by atoms with Gasteiger partial charge in [-0.05, 0) is 19.4 Å². The van der Waals surface area contributed by atoms with E-state index in [1.807, 2.05) is 11.8 Å². The van der Waals surface area contributed by atoms with Crippen molar-refractivity contribution in [2.24, 2.45) is 5.92 Å². The average Bonchev–Trinajstić information content (AvgIpc) is 2.38. The molecule has 110 valence electrons. The lowest BCUT2D eigenvalue weighted by atomic mass is 9.95. The van der Waals surface area contributed by atoms with Crippen LogP contribution in [0.2, 0.25) is 0 Å². The molecular weight excluding hydrogens is 244 g/mol. The van der Waals surface area contributed by atoms with Gasteiger partial charge in [0.25, 0.3) is 0 Å². The summed E-state index contributed by atoms with van der Waals surface area (Å²) in [4.78, 5) is 24.6. The molecule has 0 aromatic heterocycles. The van der Waals surface area contributed by atoms with Crippen LogP contribution < -0.4 is 5.32 Å². The first-order valence-electron chi connectivity index (χ1n) is 7.27. The Morgan fingerprint density at radius 2 is 1.95 bits per heavy atom. The van der Waals surface area contributed by atoms with Crippen molar-refractivity contribution in [1.29, 1.82) is 0 Å². The Hall–Kier alpha value is -1.10. The first-order chi connectivity index (χ1) is 9.02. The fourth-order valence-electron chi connectivity index (χ4n) is 2.49. The summed E-state index contributed by atoms with van der Waals surface area (Å²) in [5.74, 6) is -1.24. The monoisotopic (exact) mass is 270 g/mol. The minimum Gasteiger partial charge on any atom is -0.481 e. The van der Waals surface area contributed by atoms with Gasteiger partial charge in [-0.2, -0.15) is 0 Å². The molecule has 1 rings (SSSR count). The van der Waals surface area contributed by atoms with Crippen LogP contribution in [0.15, 0.2) is 0 Å². The Morgan fingerprint density at radius 3 is 2.47 bits per heavy atom. The van der Waals surface area contributed by atoms with Crippen molar-refractivity contribution in [2.45, 2.75) is 52.0 Å². The van der Waals surface area contributed by atoms with Crippen LogP contribution in [0.1, 0.15) is 46.0 Å². The molecule has 0 bridgehead atoms. The molecule has 1 aliphatic carbocycles. The van der Waals surface area contributed by atoms with Gasteiger partial charge in [0.2, 0.25) is 5.91 Å². The van der Waals surface area contributed by atoms with Gasteiger partial charge in [-0.3, -0.25) is 14.5 Å². The minimum atomic E-state index is -0.814. The smallest absolute Gasteiger partial charge is 0.307 e. The van der Waals surface area contributed by atoms with Crippen LogP contribution >= 0.6 is 0 Å². The molecule has 0 aromatic carbocycles. The van der Waals surface area contributed by atoms with Gasteiger partial charge in [0, 0.05) is 12.6 Å².